The van der Waals surface area contributed by atoms with Crippen LogP contribution in [0.15, 0.2) is 29.3 Å². The van der Waals surface area contributed by atoms with Gasteiger partial charge in [0.15, 0.2) is 5.96 Å². The molecule has 0 aromatic heterocycles. The summed E-state index contributed by atoms with van der Waals surface area (Å²) < 4.78 is 18.2. The van der Waals surface area contributed by atoms with Crippen molar-refractivity contribution in [3.8, 4) is 5.75 Å². The lowest BCUT2D eigenvalue weighted by molar-refractivity contribution is 0.310. The summed E-state index contributed by atoms with van der Waals surface area (Å²) >= 11 is 0. The van der Waals surface area contributed by atoms with Crippen LogP contribution in [0, 0.1) is 5.82 Å². The molecule has 0 spiro atoms. The van der Waals surface area contributed by atoms with Gasteiger partial charge in [-0.25, -0.2) is 4.39 Å². The first kappa shape index (κ1) is 19.9. The van der Waals surface area contributed by atoms with E-state index in [0.717, 1.165) is 38.4 Å². The van der Waals surface area contributed by atoms with Crippen LogP contribution >= 0.6 is 24.0 Å². The molecule has 0 amide bonds. The Morgan fingerprint density at radius 2 is 1.90 bits per heavy atom. The predicted molar refractivity (Wildman–Crippen MR) is 96.2 cm³/mol. The van der Waals surface area contributed by atoms with Gasteiger partial charge >= 0.3 is 0 Å². The number of aliphatic imine (C=N–C) groups is 1. The summed E-state index contributed by atoms with van der Waals surface area (Å²) in [5.41, 5.74) is 0. The van der Waals surface area contributed by atoms with E-state index in [1.165, 1.54) is 12.1 Å². The van der Waals surface area contributed by atoms with Crippen LogP contribution in [0.3, 0.4) is 0 Å². The Kier molecular flexibility index (Phi) is 12.0. The van der Waals surface area contributed by atoms with Gasteiger partial charge < -0.3 is 15.4 Å². The van der Waals surface area contributed by atoms with Crippen LogP contribution in [0.1, 0.15) is 26.7 Å². The number of guanidine groups is 1. The third-order valence-electron chi connectivity index (χ3n) is 2.53. The number of nitrogens with one attached hydrogen (secondary N) is 2. The maximum Gasteiger partial charge on any atom is 0.191 e. The lowest BCUT2D eigenvalue weighted by atomic mass is 10.3. The van der Waals surface area contributed by atoms with Crippen molar-refractivity contribution in [2.45, 2.75) is 26.7 Å². The van der Waals surface area contributed by atoms with Gasteiger partial charge in [0.25, 0.3) is 0 Å². The Morgan fingerprint density at radius 1 is 1.19 bits per heavy atom. The molecule has 120 valence electrons. The molecular weight excluding hydrogens is 384 g/mol. The fourth-order valence-corrected chi connectivity index (χ4v) is 1.57. The molecule has 0 aliphatic carbocycles. The zero-order valence-corrected chi connectivity index (χ0v) is 15.0. The third-order valence-corrected chi connectivity index (χ3v) is 2.53. The van der Waals surface area contributed by atoms with Gasteiger partial charge in [-0.1, -0.05) is 6.92 Å². The van der Waals surface area contributed by atoms with E-state index >= 15 is 0 Å². The van der Waals surface area contributed by atoms with Gasteiger partial charge in [0.2, 0.25) is 0 Å². The second-order valence-corrected chi connectivity index (χ2v) is 4.34. The van der Waals surface area contributed by atoms with Gasteiger partial charge in [0, 0.05) is 19.6 Å². The normalized spacial score (nSPS) is 10.7. The van der Waals surface area contributed by atoms with Crippen LogP contribution in [0.2, 0.25) is 0 Å². The number of nitrogens with zero attached hydrogens (tertiary/aromatic N) is 1. The lowest BCUT2D eigenvalue weighted by Gasteiger charge is -2.11. The highest BCUT2D eigenvalue weighted by atomic mass is 127. The van der Waals surface area contributed by atoms with Gasteiger partial charge in [-0.2, -0.15) is 0 Å². The summed E-state index contributed by atoms with van der Waals surface area (Å²) in [5.74, 6) is 1.29. The molecule has 0 heterocycles. The highest BCUT2D eigenvalue weighted by Gasteiger charge is 1.97. The third kappa shape index (κ3) is 9.49. The Bertz CT molecular complexity index is 398. The van der Waals surface area contributed by atoms with Crippen LogP contribution in [-0.2, 0) is 0 Å². The molecule has 0 aliphatic heterocycles. The maximum atomic E-state index is 12.7. The van der Waals surface area contributed by atoms with Crippen molar-refractivity contribution < 1.29 is 9.13 Å². The van der Waals surface area contributed by atoms with Crippen LogP contribution in [0.4, 0.5) is 4.39 Å². The summed E-state index contributed by atoms with van der Waals surface area (Å²) in [5, 5.41) is 6.44. The molecule has 1 rings (SSSR count). The molecule has 0 saturated heterocycles. The molecule has 0 saturated carbocycles. The highest BCUT2D eigenvalue weighted by Crippen LogP contribution is 2.10. The van der Waals surface area contributed by atoms with E-state index in [1.807, 2.05) is 6.92 Å². The number of hydrogen-bond donors (Lipinski definition) is 2. The van der Waals surface area contributed by atoms with E-state index in [1.54, 1.807) is 12.1 Å². The van der Waals surface area contributed by atoms with E-state index in [-0.39, 0.29) is 29.8 Å². The molecule has 21 heavy (non-hydrogen) atoms. The number of halogens is 2. The minimum atomic E-state index is -0.249. The maximum absolute atomic E-state index is 12.7. The molecule has 4 nitrogen and oxygen atoms in total. The molecule has 0 bridgehead atoms. The highest BCUT2D eigenvalue weighted by molar-refractivity contribution is 14.0. The molecule has 1 aromatic carbocycles. The average Bonchev–Trinajstić information content (AvgIpc) is 2.46. The molecule has 0 aliphatic rings. The molecule has 1 aromatic rings. The molecule has 0 radical (unpaired) electrons. The summed E-state index contributed by atoms with van der Waals surface area (Å²) in [4.78, 5) is 4.41. The van der Waals surface area contributed by atoms with Crippen LogP contribution in [0.25, 0.3) is 0 Å². The fraction of sp³-hybridized carbons (Fsp3) is 0.533. The van der Waals surface area contributed by atoms with E-state index in [4.69, 9.17) is 4.74 Å². The van der Waals surface area contributed by atoms with Crippen molar-refractivity contribution in [2.24, 2.45) is 4.99 Å². The molecule has 2 N–H and O–H groups in total. The first-order valence-electron chi connectivity index (χ1n) is 7.16. The SMILES string of the molecule is CCCN=C(NCC)NCCCOc1ccc(F)cc1.I. The van der Waals surface area contributed by atoms with E-state index in [2.05, 4.69) is 22.5 Å². The Hall–Kier alpha value is -1.05. The standard InChI is InChI=1S/C15H24FN3O.HI/c1-3-10-18-15(17-4-2)19-11-5-12-20-14-8-6-13(16)7-9-14;/h6-9H,3-5,10-12H2,1-2H3,(H2,17,18,19);1H. The Balaban J connectivity index is 0.00000400. The van der Waals surface area contributed by atoms with Gasteiger partial charge in [0.05, 0.1) is 6.61 Å². The lowest BCUT2D eigenvalue weighted by Crippen LogP contribution is -2.38. The molecular formula is C15H25FIN3O. The van der Waals surface area contributed by atoms with Crippen LogP contribution in [-0.4, -0.2) is 32.2 Å². The van der Waals surface area contributed by atoms with Gasteiger partial charge in [-0.15, -0.1) is 24.0 Å². The Morgan fingerprint density at radius 3 is 2.52 bits per heavy atom. The second-order valence-electron chi connectivity index (χ2n) is 4.34. The monoisotopic (exact) mass is 409 g/mol. The minimum absolute atomic E-state index is 0. The van der Waals surface area contributed by atoms with Crippen molar-refractivity contribution in [1.29, 1.82) is 0 Å². The summed E-state index contributed by atoms with van der Waals surface area (Å²) in [6.45, 7) is 7.19. The zero-order chi connectivity index (χ0) is 14.6. The number of rotatable bonds is 8. The van der Waals surface area contributed by atoms with E-state index in [9.17, 15) is 4.39 Å². The zero-order valence-electron chi connectivity index (χ0n) is 12.7. The van der Waals surface area contributed by atoms with Crippen molar-refractivity contribution >= 4 is 29.9 Å². The van der Waals surface area contributed by atoms with Crippen molar-refractivity contribution in [1.82, 2.24) is 10.6 Å². The van der Waals surface area contributed by atoms with Gasteiger partial charge in [0.1, 0.15) is 11.6 Å². The summed E-state index contributed by atoms with van der Waals surface area (Å²) in [6, 6.07) is 6.06. The second kappa shape index (κ2) is 12.7. The molecule has 0 atom stereocenters. The smallest absolute Gasteiger partial charge is 0.191 e. The fourth-order valence-electron chi connectivity index (χ4n) is 1.57. The quantitative estimate of drug-likeness (QED) is 0.300. The summed E-state index contributed by atoms with van der Waals surface area (Å²) in [7, 11) is 0. The summed E-state index contributed by atoms with van der Waals surface area (Å²) in [6.07, 6.45) is 1.89. The number of benzene rings is 1. The van der Waals surface area contributed by atoms with Crippen LogP contribution in [0.5, 0.6) is 5.75 Å². The predicted octanol–water partition coefficient (Wildman–Crippen LogP) is 3.18. The first-order chi connectivity index (χ1) is 9.76. The number of hydrogen-bond acceptors (Lipinski definition) is 2. The van der Waals surface area contributed by atoms with Crippen molar-refractivity contribution in [2.75, 3.05) is 26.2 Å². The van der Waals surface area contributed by atoms with Crippen molar-refractivity contribution in [3.05, 3.63) is 30.1 Å². The molecule has 0 fully saturated rings. The molecule has 0 unspecified atom stereocenters. The minimum Gasteiger partial charge on any atom is -0.494 e. The molecule has 6 heteroatoms. The van der Waals surface area contributed by atoms with E-state index in [0.29, 0.717) is 12.4 Å². The average molecular weight is 409 g/mol. The number of ether oxygens (including phenoxy) is 1. The van der Waals surface area contributed by atoms with E-state index < -0.39 is 0 Å². The van der Waals surface area contributed by atoms with Gasteiger partial charge in [-0.3, -0.25) is 4.99 Å². The van der Waals surface area contributed by atoms with Crippen molar-refractivity contribution in [3.63, 3.8) is 0 Å². The Labute approximate surface area is 143 Å². The topological polar surface area (TPSA) is 45.7 Å². The first-order valence-corrected chi connectivity index (χ1v) is 7.16. The van der Waals surface area contributed by atoms with Gasteiger partial charge in [-0.05, 0) is 44.0 Å². The van der Waals surface area contributed by atoms with Crippen LogP contribution < -0.4 is 15.4 Å². The largest absolute Gasteiger partial charge is 0.494 e.